The van der Waals surface area contributed by atoms with Crippen molar-refractivity contribution in [2.45, 2.75) is 12.4 Å². The van der Waals surface area contributed by atoms with Crippen molar-refractivity contribution in [2.24, 2.45) is 0 Å². The summed E-state index contributed by atoms with van der Waals surface area (Å²) in [4.78, 5) is 4.57. The maximum atomic E-state index is 13.6. The fourth-order valence-corrected chi connectivity index (χ4v) is 6.31. The molecule has 0 atom stereocenters. The Morgan fingerprint density at radius 1 is 0.429 bits per heavy atom. The van der Waals surface area contributed by atoms with E-state index in [1.165, 1.54) is 0 Å². The molecule has 0 fully saturated rings. The number of hydrogen-bond donors (Lipinski definition) is 0. The van der Waals surface area contributed by atoms with E-state index < -0.39 is 23.5 Å². The third-order valence-electron chi connectivity index (χ3n) is 8.73. The number of benzene rings is 7. The van der Waals surface area contributed by atoms with Crippen LogP contribution in [0.1, 0.15) is 11.1 Å². The maximum absolute atomic E-state index is 13.6. The van der Waals surface area contributed by atoms with E-state index in [9.17, 15) is 26.3 Å². The Balaban J connectivity index is 1.14. The molecule has 49 heavy (non-hydrogen) atoms. The molecule has 0 unspecified atom stereocenters. The van der Waals surface area contributed by atoms with E-state index in [1.807, 2.05) is 84.9 Å². The summed E-state index contributed by atoms with van der Waals surface area (Å²) in [5.41, 5.74) is 3.56. The molecule has 240 valence electrons. The highest BCUT2D eigenvalue weighted by Crippen LogP contribution is 2.42. The van der Waals surface area contributed by atoms with Gasteiger partial charge in [0.1, 0.15) is 5.52 Å². The number of halogens is 6. The Labute approximate surface area is 275 Å². The molecule has 8 rings (SSSR count). The Kier molecular flexibility index (Phi) is 7.07. The number of para-hydroxylation sites is 2. The fraction of sp³-hybridized carbons (Fsp3) is 0.0488. The monoisotopic (exact) mass is 659 g/mol. The first-order chi connectivity index (χ1) is 23.5. The van der Waals surface area contributed by atoms with E-state index in [-0.39, 0.29) is 17.2 Å². The smallest absolute Gasteiger partial charge is 0.416 e. The van der Waals surface area contributed by atoms with Gasteiger partial charge in [-0.2, -0.15) is 26.3 Å². The van der Waals surface area contributed by atoms with Crippen molar-refractivity contribution in [1.29, 1.82) is 0 Å². The highest BCUT2D eigenvalue weighted by atomic mass is 19.4. The maximum Gasteiger partial charge on any atom is 0.416 e. The summed E-state index contributed by atoms with van der Waals surface area (Å²) in [6.45, 7) is 0. The SMILES string of the molecule is FC(F)(F)c1cc(-c2ccc(-c3ccc4cc(-c5ccc(-c6nc7ccccc7o6)cc5)ccc4c3)c3ccccc23)cc(C(F)(F)F)c1. The number of alkyl halides is 6. The fourth-order valence-electron chi connectivity index (χ4n) is 6.31. The van der Waals surface area contributed by atoms with Crippen LogP contribution in [-0.4, -0.2) is 4.98 Å². The van der Waals surface area contributed by atoms with Crippen molar-refractivity contribution in [3.63, 3.8) is 0 Å². The summed E-state index contributed by atoms with van der Waals surface area (Å²) in [7, 11) is 0. The van der Waals surface area contributed by atoms with Gasteiger partial charge in [0.05, 0.1) is 11.1 Å². The summed E-state index contributed by atoms with van der Waals surface area (Å²) >= 11 is 0. The lowest BCUT2D eigenvalue weighted by atomic mass is 9.90. The van der Waals surface area contributed by atoms with Crippen LogP contribution in [0.3, 0.4) is 0 Å². The third-order valence-corrected chi connectivity index (χ3v) is 8.73. The van der Waals surface area contributed by atoms with Gasteiger partial charge in [-0.3, -0.25) is 0 Å². The van der Waals surface area contributed by atoms with Gasteiger partial charge < -0.3 is 4.42 Å². The lowest BCUT2D eigenvalue weighted by Crippen LogP contribution is -2.11. The topological polar surface area (TPSA) is 26.0 Å². The van der Waals surface area contributed by atoms with Crippen LogP contribution < -0.4 is 0 Å². The second-order valence-corrected chi connectivity index (χ2v) is 11.8. The summed E-state index contributed by atoms with van der Waals surface area (Å²) in [6, 6.07) is 39.9. The molecular formula is C41H23F6NO. The quantitative estimate of drug-likeness (QED) is 0.176. The minimum Gasteiger partial charge on any atom is -0.436 e. The van der Waals surface area contributed by atoms with E-state index in [1.54, 1.807) is 30.3 Å². The average molecular weight is 660 g/mol. The highest BCUT2D eigenvalue weighted by Gasteiger charge is 2.37. The predicted octanol–water partition coefficient (Wildman–Crippen LogP) is 12.8. The van der Waals surface area contributed by atoms with Gasteiger partial charge in [0.25, 0.3) is 0 Å². The zero-order valence-corrected chi connectivity index (χ0v) is 25.4. The van der Waals surface area contributed by atoms with Crippen molar-refractivity contribution in [3.05, 3.63) is 151 Å². The van der Waals surface area contributed by atoms with Crippen LogP contribution in [0.25, 0.3) is 77.5 Å². The van der Waals surface area contributed by atoms with Crippen LogP contribution in [-0.2, 0) is 12.4 Å². The lowest BCUT2D eigenvalue weighted by molar-refractivity contribution is -0.143. The first kappa shape index (κ1) is 30.4. The van der Waals surface area contributed by atoms with Crippen molar-refractivity contribution < 1.29 is 30.8 Å². The van der Waals surface area contributed by atoms with E-state index in [0.717, 1.165) is 61.8 Å². The summed E-state index contributed by atoms with van der Waals surface area (Å²) < 4.78 is 87.7. The standard InChI is InChI=1S/C41H23F6NO/c42-40(43,44)31-21-30(22-32(23-31)41(45,46)47)34-18-17-33(35-5-1-2-6-36(34)35)29-16-15-27-19-26(13-14-28(27)20-29)24-9-11-25(12-10-24)39-48-37-7-3-4-8-38(37)49-39/h1-23H. The Bertz CT molecular complexity index is 2460. The summed E-state index contributed by atoms with van der Waals surface area (Å²) in [5.74, 6) is 0.556. The Morgan fingerprint density at radius 2 is 0.939 bits per heavy atom. The van der Waals surface area contributed by atoms with Gasteiger partial charge in [0, 0.05) is 5.56 Å². The molecule has 0 spiro atoms. The molecule has 7 aromatic carbocycles. The molecule has 1 aromatic heterocycles. The molecule has 0 saturated carbocycles. The molecule has 1 heterocycles. The van der Waals surface area contributed by atoms with Gasteiger partial charge in [0.15, 0.2) is 5.58 Å². The zero-order chi connectivity index (χ0) is 33.9. The number of rotatable bonds is 4. The zero-order valence-electron chi connectivity index (χ0n) is 25.4. The minimum atomic E-state index is -4.94. The van der Waals surface area contributed by atoms with Crippen LogP contribution in [0.15, 0.2) is 144 Å². The summed E-state index contributed by atoms with van der Waals surface area (Å²) in [6.07, 6.45) is -9.87. The van der Waals surface area contributed by atoms with E-state index >= 15 is 0 Å². The van der Waals surface area contributed by atoms with Gasteiger partial charge in [0.2, 0.25) is 5.89 Å². The molecule has 0 aliphatic carbocycles. The number of nitrogens with zero attached hydrogens (tertiary/aromatic N) is 1. The van der Waals surface area contributed by atoms with Gasteiger partial charge in [-0.25, -0.2) is 4.98 Å². The molecule has 0 aliphatic rings. The van der Waals surface area contributed by atoms with Crippen LogP contribution in [0.4, 0.5) is 26.3 Å². The molecule has 0 amide bonds. The van der Waals surface area contributed by atoms with Crippen LogP contribution in [0.2, 0.25) is 0 Å². The predicted molar refractivity (Wildman–Crippen MR) is 181 cm³/mol. The molecule has 2 nitrogen and oxygen atoms in total. The first-order valence-corrected chi connectivity index (χ1v) is 15.3. The number of oxazole rings is 1. The van der Waals surface area contributed by atoms with Crippen molar-refractivity contribution >= 4 is 32.6 Å². The van der Waals surface area contributed by atoms with Gasteiger partial charge in [-0.15, -0.1) is 0 Å². The van der Waals surface area contributed by atoms with Crippen molar-refractivity contribution in [1.82, 2.24) is 4.98 Å². The van der Waals surface area contributed by atoms with Crippen LogP contribution >= 0.6 is 0 Å². The molecule has 0 radical (unpaired) electrons. The van der Waals surface area contributed by atoms with Crippen molar-refractivity contribution in [3.8, 4) is 44.8 Å². The van der Waals surface area contributed by atoms with Gasteiger partial charge in [-0.1, -0.05) is 84.9 Å². The number of hydrogen-bond acceptors (Lipinski definition) is 2. The molecule has 0 N–H and O–H groups in total. The van der Waals surface area contributed by atoms with E-state index in [4.69, 9.17) is 4.42 Å². The second kappa shape index (κ2) is 11.4. The average Bonchev–Trinajstić information content (AvgIpc) is 3.54. The molecular weight excluding hydrogens is 636 g/mol. The Morgan fingerprint density at radius 3 is 1.55 bits per heavy atom. The molecule has 0 aliphatic heterocycles. The van der Waals surface area contributed by atoms with Crippen LogP contribution in [0.5, 0.6) is 0 Å². The normalized spacial score (nSPS) is 12.3. The largest absolute Gasteiger partial charge is 0.436 e. The molecule has 8 heteroatoms. The minimum absolute atomic E-state index is 0.148. The van der Waals surface area contributed by atoms with Crippen LogP contribution in [0, 0.1) is 0 Å². The second-order valence-electron chi connectivity index (χ2n) is 11.8. The Hall–Kier alpha value is -5.89. The molecule has 0 bridgehead atoms. The van der Waals surface area contributed by atoms with E-state index in [0.29, 0.717) is 16.7 Å². The first-order valence-electron chi connectivity index (χ1n) is 15.3. The van der Waals surface area contributed by atoms with Gasteiger partial charge in [-0.05, 0) is 110 Å². The molecule has 0 saturated heterocycles. The number of fused-ring (bicyclic) bond motifs is 3. The lowest BCUT2D eigenvalue weighted by Gasteiger charge is -2.17. The summed E-state index contributed by atoms with van der Waals surface area (Å²) in [5, 5.41) is 3.24. The number of aromatic nitrogens is 1. The van der Waals surface area contributed by atoms with Gasteiger partial charge >= 0.3 is 12.4 Å². The molecule has 8 aromatic rings. The van der Waals surface area contributed by atoms with E-state index in [2.05, 4.69) is 11.1 Å². The highest BCUT2D eigenvalue weighted by molar-refractivity contribution is 6.06. The third kappa shape index (κ3) is 5.69. The van der Waals surface area contributed by atoms with Crippen molar-refractivity contribution in [2.75, 3.05) is 0 Å².